The van der Waals surface area contributed by atoms with Crippen molar-refractivity contribution in [3.63, 3.8) is 0 Å². The monoisotopic (exact) mass is 580 g/mol. The highest BCUT2D eigenvalue weighted by Crippen LogP contribution is 2.37. The number of nitrogens with one attached hydrogen (secondary N) is 1. The number of hydrogen-bond donors (Lipinski definition) is 1. The molecule has 1 unspecified atom stereocenters. The van der Waals surface area contributed by atoms with Crippen LogP contribution in [0.5, 0.6) is 0 Å². The molecule has 6 nitrogen and oxygen atoms in total. The van der Waals surface area contributed by atoms with Gasteiger partial charge in [-0.25, -0.2) is 0 Å². The lowest BCUT2D eigenvalue weighted by molar-refractivity contribution is -0.115. The van der Waals surface area contributed by atoms with Gasteiger partial charge in [-0.1, -0.05) is 58.4 Å². The van der Waals surface area contributed by atoms with Crippen LogP contribution in [0.15, 0.2) is 107 Å². The number of halogens is 1. The number of carbonyl (C=O) groups excluding carboxylic acids is 2. The van der Waals surface area contributed by atoms with Gasteiger partial charge in [0, 0.05) is 35.0 Å². The second-order valence-electron chi connectivity index (χ2n) is 9.83. The fourth-order valence-corrected chi connectivity index (χ4v) is 4.99. The minimum absolute atomic E-state index is 0.159. The van der Waals surface area contributed by atoms with Crippen molar-refractivity contribution in [2.75, 3.05) is 31.4 Å². The zero-order chi connectivity index (χ0) is 27.5. The van der Waals surface area contributed by atoms with E-state index in [0.717, 1.165) is 33.5 Å². The lowest BCUT2D eigenvalue weighted by Crippen LogP contribution is -2.26. The van der Waals surface area contributed by atoms with E-state index in [9.17, 15) is 9.59 Å². The van der Waals surface area contributed by atoms with Crippen molar-refractivity contribution in [1.29, 1.82) is 0 Å². The summed E-state index contributed by atoms with van der Waals surface area (Å²) < 4.78 is 0.942. The second-order valence-corrected chi connectivity index (χ2v) is 10.7. The van der Waals surface area contributed by atoms with Gasteiger partial charge in [-0.05, 0) is 85.4 Å². The average molecular weight is 582 g/mol. The molecule has 5 rings (SSSR count). The maximum Gasteiger partial charge on any atom is 0.258 e. The zero-order valence-corrected chi connectivity index (χ0v) is 23.6. The first-order valence-electron chi connectivity index (χ1n) is 12.7. The SMILES string of the molecule is CN(C)Cc1ccc(N=C(c2ccccc2)C2C(=O)Nc3ccc(C(=O)N(C)c4ccc(Br)cc4)cc32)cc1. The quantitative estimate of drug-likeness (QED) is 0.249. The number of carbonyl (C=O) groups is 2. The molecule has 0 aromatic heterocycles. The van der Waals surface area contributed by atoms with Crippen molar-refractivity contribution >= 4 is 50.5 Å². The standard InChI is InChI=1S/C32H29BrN4O2/c1-36(2)20-21-9-14-25(15-10-21)34-30(22-7-5-4-6-8-22)29-27-19-23(11-18-28(27)35-31(29)38)32(39)37(3)26-16-12-24(33)13-17-26/h4-19,29H,20H2,1-3H3,(H,35,38). The van der Waals surface area contributed by atoms with Crippen LogP contribution in [0.25, 0.3) is 0 Å². The number of nitrogens with zero attached hydrogens (tertiary/aromatic N) is 3. The maximum absolute atomic E-state index is 13.4. The second kappa shape index (κ2) is 11.4. The van der Waals surface area contributed by atoms with E-state index in [1.54, 1.807) is 24.1 Å². The number of aliphatic imine (C=N–C) groups is 1. The van der Waals surface area contributed by atoms with Gasteiger partial charge in [0.15, 0.2) is 0 Å². The molecular formula is C32H29BrN4O2. The first-order valence-corrected chi connectivity index (χ1v) is 13.5. The molecule has 1 atom stereocenters. The Hall–Kier alpha value is -4.07. The average Bonchev–Trinajstić information content (AvgIpc) is 3.27. The normalized spacial score (nSPS) is 14.7. The van der Waals surface area contributed by atoms with Crippen molar-refractivity contribution in [2.45, 2.75) is 12.5 Å². The summed E-state index contributed by atoms with van der Waals surface area (Å²) in [6.07, 6.45) is 0. The molecule has 0 bridgehead atoms. The topological polar surface area (TPSA) is 65.0 Å². The Morgan fingerprint density at radius 2 is 1.56 bits per heavy atom. The molecule has 4 aromatic rings. The molecule has 1 aliphatic heterocycles. The van der Waals surface area contributed by atoms with Crippen LogP contribution in [0, 0.1) is 0 Å². The lowest BCUT2D eigenvalue weighted by atomic mass is 9.89. The van der Waals surface area contributed by atoms with Crippen LogP contribution in [0.2, 0.25) is 0 Å². The maximum atomic E-state index is 13.4. The van der Waals surface area contributed by atoms with Crippen LogP contribution < -0.4 is 10.2 Å². The van der Waals surface area contributed by atoms with Crippen LogP contribution in [0.4, 0.5) is 17.1 Å². The minimum atomic E-state index is -0.658. The zero-order valence-electron chi connectivity index (χ0n) is 22.1. The van der Waals surface area contributed by atoms with Gasteiger partial charge >= 0.3 is 0 Å². The van der Waals surface area contributed by atoms with Crippen molar-refractivity contribution in [2.24, 2.45) is 4.99 Å². The summed E-state index contributed by atoms with van der Waals surface area (Å²) in [7, 11) is 5.81. The van der Waals surface area contributed by atoms with Crippen LogP contribution in [0.3, 0.4) is 0 Å². The van der Waals surface area contributed by atoms with E-state index in [4.69, 9.17) is 4.99 Å². The summed E-state index contributed by atoms with van der Waals surface area (Å²) in [4.78, 5) is 35.5. The molecule has 0 fully saturated rings. The highest BCUT2D eigenvalue weighted by atomic mass is 79.9. The molecule has 196 valence electrons. The summed E-state index contributed by atoms with van der Waals surface area (Å²) >= 11 is 3.44. The van der Waals surface area contributed by atoms with Gasteiger partial charge in [-0.3, -0.25) is 14.6 Å². The highest BCUT2D eigenvalue weighted by Gasteiger charge is 2.36. The van der Waals surface area contributed by atoms with Crippen LogP contribution in [-0.4, -0.2) is 43.6 Å². The summed E-state index contributed by atoms with van der Waals surface area (Å²) in [6, 6.07) is 30.7. The van der Waals surface area contributed by atoms with Crippen molar-refractivity contribution in [1.82, 2.24) is 4.90 Å². The third-order valence-corrected chi connectivity index (χ3v) is 7.20. The van der Waals surface area contributed by atoms with Gasteiger partial charge in [0.2, 0.25) is 5.91 Å². The van der Waals surface area contributed by atoms with Gasteiger partial charge in [0.25, 0.3) is 5.91 Å². The third-order valence-electron chi connectivity index (χ3n) is 6.68. The lowest BCUT2D eigenvalue weighted by Gasteiger charge is -2.19. The fourth-order valence-electron chi connectivity index (χ4n) is 4.73. The first-order chi connectivity index (χ1) is 18.8. The Kier molecular flexibility index (Phi) is 7.72. The molecular weight excluding hydrogens is 552 g/mol. The molecule has 4 aromatic carbocycles. The highest BCUT2D eigenvalue weighted by molar-refractivity contribution is 9.10. The molecule has 2 amide bonds. The van der Waals surface area contributed by atoms with Crippen molar-refractivity contribution < 1.29 is 9.59 Å². The molecule has 39 heavy (non-hydrogen) atoms. The van der Waals surface area contributed by atoms with E-state index in [0.29, 0.717) is 17.0 Å². The molecule has 0 saturated carbocycles. The van der Waals surface area contributed by atoms with E-state index in [-0.39, 0.29) is 11.8 Å². The van der Waals surface area contributed by atoms with E-state index in [1.165, 1.54) is 5.56 Å². The summed E-state index contributed by atoms with van der Waals surface area (Å²) in [5, 5.41) is 2.99. The predicted octanol–water partition coefficient (Wildman–Crippen LogP) is 6.64. The van der Waals surface area contributed by atoms with E-state index in [1.807, 2.05) is 86.9 Å². The van der Waals surface area contributed by atoms with Gasteiger partial charge < -0.3 is 15.1 Å². The Bertz CT molecular complexity index is 1530. The number of amides is 2. The Labute approximate surface area is 237 Å². The third kappa shape index (κ3) is 5.85. The van der Waals surface area contributed by atoms with E-state index >= 15 is 0 Å². The largest absolute Gasteiger partial charge is 0.325 e. The molecule has 0 radical (unpaired) electrons. The fraction of sp³-hybridized carbons (Fsp3) is 0.156. The molecule has 1 aliphatic rings. The minimum Gasteiger partial charge on any atom is -0.325 e. The molecule has 1 N–H and O–H groups in total. The van der Waals surface area contributed by atoms with Gasteiger partial charge in [-0.15, -0.1) is 0 Å². The predicted molar refractivity (Wildman–Crippen MR) is 161 cm³/mol. The van der Waals surface area contributed by atoms with Crippen molar-refractivity contribution in [3.8, 4) is 0 Å². The van der Waals surface area contributed by atoms with Crippen LogP contribution in [-0.2, 0) is 11.3 Å². The van der Waals surface area contributed by atoms with Crippen LogP contribution >= 0.6 is 15.9 Å². The summed E-state index contributed by atoms with van der Waals surface area (Å²) in [5.41, 5.74) is 6.14. The summed E-state index contributed by atoms with van der Waals surface area (Å²) in [5.74, 6) is -0.981. The number of hydrogen-bond acceptors (Lipinski definition) is 4. The number of fused-ring (bicyclic) bond motifs is 1. The smallest absolute Gasteiger partial charge is 0.258 e. The molecule has 0 saturated heterocycles. The number of benzene rings is 4. The Morgan fingerprint density at radius 3 is 2.23 bits per heavy atom. The number of anilines is 2. The molecule has 7 heteroatoms. The van der Waals surface area contributed by atoms with Gasteiger partial charge in [0.1, 0.15) is 5.92 Å². The summed E-state index contributed by atoms with van der Waals surface area (Å²) in [6.45, 7) is 0.833. The first kappa shape index (κ1) is 26.5. The molecule has 1 heterocycles. The number of rotatable bonds is 7. The molecule has 0 aliphatic carbocycles. The molecule has 0 spiro atoms. The van der Waals surface area contributed by atoms with E-state index < -0.39 is 5.92 Å². The van der Waals surface area contributed by atoms with Gasteiger partial charge in [0.05, 0.1) is 11.4 Å². The van der Waals surface area contributed by atoms with Gasteiger partial charge in [-0.2, -0.15) is 0 Å². The Morgan fingerprint density at radius 1 is 0.872 bits per heavy atom. The Balaban J connectivity index is 1.53. The van der Waals surface area contributed by atoms with Crippen LogP contribution in [0.1, 0.15) is 33.0 Å². The van der Waals surface area contributed by atoms with E-state index in [2.05, 4.69) is 38.3 Å². The van der Waals surface area contributed by atoms with Crippen molar-refractivity contribution in [3.05, 3.63) is 124 Å².